The molecule has 0 aliphatic heterocycles. The van der Waals surface area contributed by atoms with Gasteiger partial charge in [-0.25, -0.2) is 15.0 Å². The molecular formula is C29H30N6. The number of nitrogen functional groups attached to an aromatic ring is 1. The van der Waals surface area contributed by atoms with Gasteiger partial charge in [-0.05, 0) is 38.3 Å². The van der Waals surface area contributed by atoms with Gasteiger partial charge < -0.3 is 11.1 Å². The van der Waals surface area contributed by atoms with E-state index in [-0.39, 0.29) is 0 Å². The van der Waals surface area contributed by atoms with Gasteiger partial charge in [-0.2, -0.15) is 0 Å². The first kappa shape index (κ1) is 21.7. The van der Waals surface area contributed by atoms with Crippen molar-refractivity contribution >= 4 is 22.2 Å². The van der Waals surface area contributed by atoms with Crippen LogP contribution in [0.2, 0.25) is 0 Å². The summed E-state index contributed by atoms with van der Waals surface area (Å²) in [6.45, 7) is 4.47. The molecule has 3 heterocycles. The van der Waals surface area contributed by atoms with Gasteiger partial charge in [0.1, 0.15) is 22.9 Å². The molecule has 6 nitrogen and oxygen atoms in total. The maximum atomic E-state index is 6.39. The molecule has 35 heavy (non-hydrogen) atoms. The van der Waals surface area contributed by atoms with E-state index in [4.69, 9.17) is 15.7 Å². The van der Waals surface area contributed by atoms with Gasteiger partial charge in [0, 0.05) is 46.9 Å². The Kier molecular flexibility index (Phi) is 5.46. The molecule has 0 bridgehead atoms. The highest BCUT2D eigenvalue weighted by Crippen LogP contribution is 2.40. The summed E-state index contributed by atoms with van der Waals surface area (Å²) in [6.07, 6.45) is 7.07. The van der Waals surface area contributed by atoms with Crippen LogP contribution in [0.5, 0.6) is 0 Å². The lowest BCUT2D eigenvalue weighted by Crippen LogP contribution is -2.44. The van der Waals surface area contributed by atoms with Gasteiger partial charge in [-0.1, -0.05) is 55.5 Å². The Labute approximate surface area is 205 Å². The van der Waals surface area contributed by atoms with Crippen LogP contribution in [0.15, 0.2) is 73.1 Å². The summed E-state index contributed by atoms with van der Waals surface area (Å²) in [4.78, 5) is 14.5. The number of benzene rings is 2. The quantitative estimate of drug-likeness (QED) is 0.332. The molecule has 1 saturated carbocycles. The summed E-state index contributed by atoms with van der Waals surface area (Å²) in [5.41, 5.74) is 12.2. The van der Waals surface area contributed by atoms with E-state index in [9.17, 15) is 0 Å². The number of imidazole rings is 1. The lowest BCUT2D eigenvalue weighted by molar-refractivity contribution is 0.259. The highest BCUT2D eigenvalue weighted by Gasteiger charge is 2.34. The average Bonchev–Trinajstić information content (AvgIpc) is 3.26. The van der Waals surface area contributed by atoms with Crippen molar-refractivity contribution in [1.29, 1.82) is 0 Å². The number of hydrogen-bond donors (Lipinski definition) is 2. The first-order valence-electron chi connectivity index (χ1n) is 12.5. The van der Waals surface area contributed by atoms with Crippen LogP contribution in [0.25, 0.3) is 38.9 Å². The largest absolute Gasteiger partial charge is 0.382 e. The van der Waals surface area contributed by atoms with Crippen molar-refractivity contribution in [2.45, 2.75) is 51.1 Å². The van der Waals surface area contributed by atoms with Crippen molar-refractivity contribution in [3.8, 4) is 22.5 Å². The van der Waals surface area contributed by atoms with Crippen molar-refractivity contribution in [1.82, 2.24) is 24.7 Å². The monoisotopic (exact) mass is 462 g/mol. The predicted molar refractivity (Wildman–Crippen MR) is 142 cm³/mol. The van der Waals surface area contributed by atoms with Gasteiger partial charge in [0.15, 0.2) is 0 Å². The molecule has 3 N–H and O–H groups in total. The zero-order chi connectivity index (χ0) is 23.9. The van der Waals surface area contributed by atoms with Crippen LogP contribution in [0.3, 0.4) is 0 Å². The van der Waals surface area contributed by atoms with E-state index in [1.54, 1.807) is 6.20 Å². The summed E-state index contributed by atoms with van der Waals surface area (Å²) < 4.78 is 2.14. The molecule has 1 aliphatic carbocycles. The Morgan fingerprint density at radius 2 is 1.83 bits per heavy atom. The Bertz CT molecular complexity index is 1500. The highest BCUT2D eigenvalue weighted by atomic mass is 15.1. The first-order chi connectivity index (χ1) is 17.1. The summed E-state index contributed by atoms with van der Waals surface area (Å²) in [6, 6.07) is 21.9. The fourth-order valence-electron chi connectivity index (χ4n) is 5.10. The number of nitrogens with two attached hydrogens (primary N) is 1. The van der Waals surface area contributed by atoms with E-state index in [2.05, 4.69) is 71.0 Å². The van der Waals surface area contributed by atoms with Gasteiger partial charge in [0.25, 0.3) is 0 Å². The molecule has 0 spiro atoms. The number of nitrogens with zero attached hydrogens (tertiary/aromatic N) is 4. The maximum Gasteiger partial charge on any atom is 0.150 e. The number of anilines is 1. The Hall–Kier alpha value is -3.77. The topological polar surface area (TPSA) is 81.1 Å². The fourth-order valence-corrected chi connectivity index (χ4v) is 5.10. The lowest BCUT2D eigenvalue weighted by atomic mass is 9.79. The van der Waals surface area contributed by atoms with Crippen LogP contribution in [0.4, 0.5) is 5.82 Å². The molecule has 1 unspecified atom stereocenters. The minimum Gasteiger partial charge on any atom is -0.382 e. The zero-order valence-electron chi connectivity index (χ0n) is 20.1. The first-order valence-corrected chi connectivity index (χ1v) is 12.5. The number of rotatable bonds is 6. The normalized spacial score (nSPS) is 18.6. The summed E-state index contributed by atoms with van der Waals surface area (Å²) in [5.74, 6) is 1.97. The number of hydrogen-bond acceptors (Lipinski definition) is 5. The van der Waals surface area contributed by atoms with E-state index in [0.29, 0.717) is 23.8 Å². The van der Waals surface area contributed by atoms with Crippen molar-refractivity contribution in [3.63, 3.8) is 0 Å². The van der Waals surface area contributed by atoms with E-state index in [1.165, 1.54) is 0 Å². The molecule has 5 aromatic rings. The molecular weight excluding hydrogens is 432 g/mol. The number of nitrogens with one attached hydrogen (secondary N) is 1. The maximum absolute atomic E-state index is 6.39. The third-order valence-electron chi connectivity index (χ3n) is 7.28. The molecule has 1 fully saturated rings. The summed E-state index contributed by atoms with van der Waals surface area (Å²) in [5, 5.41) is 4.82. The van der Waals surface area contributed by atoms with Gasteiger partial charge in [-0.15, -0.1) is 0 Å². The van der Waals surface area contributed by atoms with E-state index < -0.39 is 0 Å². The van der Waals surface area contributed by atoms with Gasteiger partial charge >= 0.3 is 0 Å². The van der Waals surface area contributed by atoms with Crippen LogP contribution >= 0.6 is 0 Å². The molecule has 6 rings (SSSR count). The second-order valence-electron chi connectivity index (χ2n) is 9.66. The molecule has 3 aromatic heterocycles. The second-order valence-corrected chi connectivity index (χ2v) is 9.66. The lowest BCUT2D eigenvalue weighted by Gasteiger charge is -2.37. The van der Waals surface area contributed by atoms with Crippen molar-refractivity contribution in [3.05, 3.63) is 78.9 Å². The Balaban J connectivity index is 1.40. The van der Waals surface area contributed by atoms with Crippen LogP contribution < -0.4 is 11.1 Å². The highest BCUT2D eigenvalue weighted by molar-refractivity contribution is 5.91. The molecule has 0 radical (unpaired) electrons. The third kappa shape index (κ3) is 3.94. The molecule has 0 amide bonds. The molecule has 0 saturated heterocycles. The molecule has 176 valence electrons. The van der Waals surface area contributed by atoms with E-state index in [1.807, 2.05) is 24.4 Å². The van der Waals surface area contributed by atoms with Crippen LogP contribution in [0.1, 0.15) is 44.9 Å². The number of pyridine rings is 1. The number of aromatic nitrogens is 4. The molecule has 6 heteroatoms. The van der Waals surface area contributed by atoms with Crippen LogP contribution in [-0.2, 0) is 0 Å². The van der Waals surface area contributed by atoms with Crippen molar-refractivity contribution in [2.24, 2.45) is 0 Å². The number of fused-ring (bicyclic) bond motifs is 2. The SMILES string of the molecule is CCC(C)N[C@H]1C[C@@H](c2nc(-c3ccc4ccc(-c5ccccc5)nc4c3)c3c(N)nccn32)C1. The van der Waals surface area contributed by atoms with E-state index in [0.717, 1.165) is 64.0 Å². The smallest absolute Gasteiger partial charge is 0.150 e. The average molecular weight is 463 g/mol. The third-order valence-corrected chi connectivity index (χ3v) is 7.28. The molecule has 2 aromatic carbocycles. The second kappa shape index (κ2) is 8.78. The minimum atomic E-state index is 0.405. The zero-order valence-corrected chi connectivity index (χ0v) is 20.1. The van der Waals surface area contributed by atoms with E-state index >= 15 is 0 Å². The van der Waals surface area contributed by atoms with Crippen molar-refractivity contribution in [2.75, 3.05) is 5.73 Å². The summed E-state index contributed by atoms with van der Waals surface area (Å²) >= 11 is 0. The van der Waals surface area contributed by atoms with Crippen LogP contribution in [0, 0.1) is 0 Å². The van der Waals surface area contributed by atoms with Gasteiger partial charge in [-0.3, -0.25) is 4.40 Å². The summed E-state index contributed by atoms with van der Waals surface area (Å²) in [7, 11) is 0. The van der Waals surface area contributed by atoms with Crippen molar-refractivity contribution < 1.29 is 0 Å². The molecule has 1 aliphatic rings. The predicted octanol–water partition coefficient (Wildman–Crippen LogP) is 5.83. The molecule has 1 atom stereocenters. The Morgan fingerprint density at radius 1 is 1.03 bits per heavy atom. The standard InChI is InChI=1S/C29H30N6/c1-3-18(2)32-23-15-22(16-23)29-34-26(27-28(30)31-13-14-35(27)29)21-10-9-20-11-12-24(33-25(20)17-21)19-7-5-4-6-8-19/h4-14,17-18,22-23,32H,3,15-16H2,1-2H3,(H2,30,31)/t18?,22-,23+. The van der Waals surface area contributed by atoms with Gasteiger partial charge in [0.2, 0.25) is 0 Å². The Morgan fingerprint density at radius 3 is 2.63 bits per heavy atom. The minimum absolute atomic E-state index is 0.405. The fraction of sp³-hybridized carbons (Fsp3) is 0.276. The van der Waals surface area contributed by atoms with Crippen LogP contribution in [-0.4, -0.2) is 31.4 Å². The van der Waals surface area contributed by atoms with Gasteiger partial charge in [0.05, 0.1) is 11.2 Å².